The molecule has 0 heterocycles. The van der Waals surface area contributed by atoms with Gasteiger partial charge in [0.1, 0.15) is 0 Å². The van der Waals surface area contributed by atoms with Crippen LogP contribution in [0.4, 0.5) is 0 Å². The Morgan fingerprint density at radius 2 is 0.545 bits per heavy atom. The topological polar surface area (TPSA) is 221 Å². The largest absolute Gasteiger partial charge is 3.00 e. The summed E-state index contributed by atoms with van der Waals surface area (Å²) >= 11 is 0. The Kier molecular flexibility index (Phi) is 21.1. The van der Waals surface area contributed by atoms with E-state index in [4.69, 9.17) is 0 Å². The van der Waals surface area contributed by atoms with Crippen molar-refractivity contribution in [1.29, 1.82) is 0 Å². The molecule has 3 aromatic rings. The van der Waals surface area contributed by atoms with Gasteiger partial charge in [-0.05, 0) is 38.7 Å². The summed E-state index contributed by atoms with van der Waals surface area (Å²) in [7, 11) is -13.6. The third-order valence-corrected chi connectivity index (χ3v) is 6.01. The van der Waals surface area contributed by atoms with E-state index in [-0.39, 0.29) is 105 Å². The van der Waals surface area contributed by atoms with Crippen molar-refractivity contribution in [3.8, 4) is 0 Å². The van der Waals surface area contributed by atoms with Crippen LogP contribution in [-0.2, 0) is 13.7 Å². The molecule has 0 atom stereocenters. The molecule has 0 aromatic heterocycles. The first kappa shape index (κ1) is 38.4. The van der Waals surface area contributed by atoms with Gasteiger partial charge in [-0.3, -0.25) is 0 Å². The van der Waals surface area contributed by atoms with Gasteiger partial charge in [0.05, 0.1) is 0 Å². The van der Waals surface area contributed by atoms with Crippen molar-refractivity contribution in [2.24, 2.45) is 0 Å². The molecule has 3 rings (SSSR count). The molecule has 0 aliphatic carbocycles. The van der Waals surface area contributed by atoms with Crippen molar-refractivity contribution < 1.29 is 132 Å². The zero-order chi connectivity index (χ0) is 22.8. The van der Waals surface area contributed by atoms with Crippen LogP contribution in [0.15, 0.2) is 91.0 Å². The summed E-state index contributed by atoms with van der Waals surface area (Å²) in [5.41, 5.74) is 0. The molecule has 2 radical (unpaired) electrons. The maximum Gasteiger partial charge on any atom is 3.00 e. The smallest absolute Gasteiger partial charge is 0.807 e. The Labute approximate surface area is 258 Å². The van der Waals surface area contributed by atoms with E-state index in [0.717, 1.165) is 0 Å². The maximum atomic E-state index is 10.3. The summed E-state index contributed by atoms with van der Waals surface area (Å²) in [5.74, 6) is 0. The molecule has 0 fully saturated rings. The van der Waals surface area contributed by atoms with Crippen LogP contribution < -0.4 is 45.3 Å². The molecule has 0 saturated carbocycles. The van der Waals surface area contributed by atoms with E-state index in [1.165, 1.54) is 72.8 Å². The zero-order valence-electron chi connectivity index (χ0n) is 16.7. The van der Waals surface area contributed by atoms with Crippen LogP contribution in [0, 0.1) is 83.5 Å². The molecule has 33 heavy (non-hydrogen) atoms. The van der Waals surface area contributed by atoms with Crippen molar-refractivity contribution in [3.63, 3.8) is 0 Å². The molecule has 0 aliphatic heterocycles. The first-order valence-corrected chi connectivity index (χ1v) is 12.7. The Balaban J connectivity index is -0.000000391. The summed E-state index contributed by atoms with van der Waals surface area (Å²) in [4.78, 5) is 61.8. The number of rotatable bonds is 3. The fourth-order valence-electron chi connectivity index (χ4n) is 1.83. The van der Waals surface area contributed by atoms with Gasteiger partial charge in [-0.1, -0.05) is 91.0 Å². The standard InChI is InChI=1S/3C6H7O3P.2Ce.H2O/c3*7-10(8,9)6-4-2-1-3-5-6;;;/h3*1-5H,(H2,7,8,9);;;1H2/q;;;2*+3;/p-6. The second-order valence-electron chi connectivity index (χ2n) is 5.50. The van der Waals surface area contributed by atoms with Crippen LogP contribution in [0.5, 0.6) is 0 Å². The van der Waals surface area contributed by atoms with Crippen molar-refractivity contribution >= 4 is 38.7 Å². The van der Waals surface area contributed by atoms with Gasteiger partial charge in [0, 0.05) is 0 Å². The number of benzene rings is 3. The molecule has 0 spiro atoms. The normalized spacial score (nSPS) is 10.4. The Morgan fingerprint density at radius 3 is 0.636 bits per heavy atom. The third kappa shape index (κ3) is 17.0. The van der Waals surface area contributed by atoms with Gasteiger partial charge in [0.2, 0.25) is 0 Å². The van der Waals surface area contributed by atoms with Crippen molar-refractivity contribution in [2.75, 3.05) is 0 Å². The fourth-order valence-corrected chi connectivity index (χ4v) is 3.44. The summed E-state index contributed by atoms with van der Waals surface area (Å²) < 4.78 is 30.9. The maximum absolute atomic E-state index is 10.3. The molecule has 0 aliphatic rings. The molecule has 172 valence electrons. The minimum Gasteiger partial charge on any atom is -0.807 e. The van der Waals surface area contributed by atoms with Crippen LogP contribution in [0.1, 0.15) is 0 Å². The zero-order valence-corrected chi connectivity index (χ0v) is 25.6. The molecule has 0 unspecified atom stereocenters. The second kappa shape index (κ2) is 18.1. The third-order valence-electron chi connectivity index (χ3n) is 3.22. The molecule has 3 aromatic carbocycles. The van der Waals surface area contributed by atoms with E-state index in [1.807, 2.05) is 0 Å². The van der Waals surface area contributed by atoms with E-state index in [9.17, 15) is 43.1 Å². The summed E-state index contributed by atoms with van der Waals surface area (Å²) in [5, 5.41) is -0.472. The monoisotopic (exact) mass is 766 g/mol. The van der Waals surface area contributed by atoms with Crippen LogP contribution >= 0.6 is 22.8 Å². The molecule has 0 saturated heterocycles. The minimum atomic E-state index is -4.52. The molecule has 2 N–H and O–H groups in total. The molecule has 15 heteroatoms. The minimum absolute atomic E-state index is 0. The number of hydrogen-bond donors (Lipinski definition) is 0. The van der Waals surface area contributed by atoms with Gasteiger partial charge < -0.3 is 48.5 Å². The van der Waals surface area contributed by atoms with Gasteiger partial charge >= 0.3 is 83.5 Å². The predicted molar refractivity (Wildman–Crippen MR) is 105 cm³/mol. The quantitative estimate of drug-likeness (QED) is 0.246. The average molecular weight is 766 g/mol. The average Bonchev–Trinajstić information content (AvgIpc) is 2.69. The molecule has 10 nitrogen and oxygen atoms in total. The molecular formula is C18H17Ce2O10P3. The Hall–Kier alpha value is 0.823. The summed E-state index contributed by atoms with van der Waals surface area (Å²) in [6.45, 7) is 0. The predicted octanol–water partition coefficient (Wildman–Crippen LogP) is -3.15. The van der Waals surface area contributed by atoms with Crippen LogP contribution in [0.3, 0.4) is 0 Å². The fraction of sp³-hybridized carbons (Fsp3) is 0. The van der Waals surface area contributed by atoms with Crippen molar-refractivity contribution in [1.82, 2.24) is 0 Å². The van der Waals surface area contributed by atoms with Gasteiger partial charge in [0.15, 0.2) is 0 Å². The van der Waals surface area contributed by atoms with Crippen molar-refractivity contribution in [3.05, 3.63) is 91.0 Å². The van der Waals surface area contributed by atoms with Gasteiger partial charge in [0.25, 0.3) is 0 Å². The number of hydrogen-bond acceptors (Lipinski definition) is 9. The van der Waals surface area contributed by atoms with Crippen LogP contribution in [0.2, 0.25) is 0 Å². The van der Waals surface area contributed by atoms with Crippen LogP contribution in [-0.4, -0.2) is 5.48 Å². The Bertz CT molecular complexity index is 902. The second-order valence-corrected chi connectivity index (χ2v) is 10.0. The van der Waals surface area contributed by atoms with E-state index in [2.05, 4.69) is 0 Å². The first-order valence-electron chi connectivity index (χ1n) is 8.05. The molecule has 0 bridgehead atoms. The summed E-state index contributed by atoms with van der Waals surface area (Å²) in [6, 6.07) is 21.7. The van der Waals surface area contributed by atoms with E-state index in [0.29, 0.717) is 0 Å². The first-order chi connectivity index (χ1) is 13.8. The molecule has 0 amide bonds. The van der Waals surface area contributed by atoms with Gasteiger partial charge in [-0.2, -0.15) is 0 Å². The summed E-state index contributed by atoms with van der Waals surface area (Å²) in [6.07, 6.45) is 0. The van der Waals surface area contributed by atoms with Crippen molar-refractivity contribution in [2.45, 2.75) is 0 Å². The van der Waals surface area contributed by atoms with Gasteiger partial charge in [-0.15, -0.1) is 0 Å². The van der Waals surface area contributed by atoms with Gasteiger partial charge in [-0.25, -0.2) is 0 Å². The van der Waals surface area contributed by atoms with Crippen LogP contribution in [0.25, 0.3) is 0 Å². The SMILES string of the molecule is O.O=P([O-])([O-])c1ccccc1.O=P([O-])([O-])c1ccccc1.O=P([O-])([O-])c1ccccc1.[Ce+3].[Ce+3]. The van der Waals surface area contributed by atoms with E-state index in [1.54, 1.807) is 18.2 Å². The Morgan fingerprint density at radius 1 is 0.394 bits per heavy atom. The van der Waals surface area contributed by atoms with E-state index < -0.39 is 22.8 Å². The van der Waals surface area contributed by atoms with E-state index >= 15 is 0 Å². The molecular weight excluding hydrogens is 749 g/mol.